The Hall–Kier alpha value is -1.91. The van der Waals surface area contributed by atoms with E-state index in [1.807, 2.05) is 0 Å². The number of hydrogen-bond acceptors (Lipinski definition) is 3. The van der Waals surface area contributed by atoms with Crippen LogP contribution in [0.5, 0.6) is 0 Å². The summed E-state index contributed by atoms with van der Waals surface area (Å²) in [6.07, 6.45) is 2.21. The van der Waals surface area contributed by atoms with Crippen LogP contribution in [0.15, 0.2) is 35.5 Å². The number of ether oxygens (including phenoxy) is 1. The Morgan fingerprint density at radius 3 is 2.69 bits per heavy atom. The molecule has 1 aromatic carbocycles. The fraction of sp³-hybridized carbons (Fsp3) is 0.182. The van der Waals surface area contributed by atoms with E-state index in [2.05, 4.69) is 4.99 Å². The van der Waals surface area contributed by atoms with Gasteiger partial charge in [-0.25, -0.2) is 13.8 Å². The maximum absolute atomic E-state index is 13.3. The molecule has 3 nitrogen and oxygen atoms in total. The third kappa shape index (κ3) is 1.88. The van der Waals surface area contributed by atoms with Gasteiger partial charge < -0.3 is 9.84 Å². The van der Waals surface area contributed by atoms with E-state index >= 15 is 0 Å². The molecule has 0 fully saturated rings. The summed E-state index contributed by atoms with van der Waals surface area (Å²) in [5.41, 5.74) is -0.267. The largest absolute Gasteiger partial charge is 0.516 e. The standard InChI is InChI=1S/C11H9F2NO2/c12-8-2-1-3-9(13)10(8)11-14-7(4-5-15)6-16-11/h1-5,7,15H,6H2/b5-4+. The number of benzene rings is 1. The lowest BCUT2D eigenvalue weighted by atomic mass is 10.2. The Labute approximate surface area is 90.7 Å². The van der Waals surface area contributed by atoms with Crippen LogP contribution < -0.4 is 0 Å². The highest BCUT2D eigenvalue weighted by Crippen LogP contribution is 2.18. The molecule has 1 aliphatic heterocycles. The monoisotopic (exact) mass is 225 g/mol. The summed E-state index contributed by atoms with van der Waals surface area (Å²) >= 11 is 0. The SMILES string of the molecule is O/C=C/C1COC(c2c(F)cccc2F)=N1. The van der Waals surface area contributed by atoms with Gasteiger partial charge in [0.05, 0.1) is 6.26 Å². The molecule has 1 aliphatic rings. The molecule has 2 rings (SSSR count). The van der Waals surface area contributed by atoms with Gasteiger partial charge in [-0.3, -0.25) is 0 Å². The molecular formula is C11H9F2NO2. The molecule has 0 bridgehead atoms. The van der Waals surface area contributed by atoms with Gasteiger partial charge in [0.25, 0.3) is 0 Å². The fourth-order valence-corrected chi connectivity index (χ4v) is 1.43. The zero-order valence-electron chi connectivity index (χ0n) is 8.23. The molecule has 0 saturated heterocycles. The van der Waals surface area contributed by atoms with Crippen LogP contribution in [0.4, 0.5) is 8.78 Å². The highest BCUT2D eigenvalue weighted by Gasteiger charge is 2.23. The lowest BCUT2D eigenvalue weighted by Gasteiger charge is -2.03. The van der Waals surface area contributed by atoms with Gasteiger partial charge in [0.2, 0.25) is 5.90 Å². The molecule has 1 aromatic rings. The molecule has 0 aliphatic carbocycles. The number of rotatable bonds is 2. The molecule has 5 heteroatoms. The summed E-state index contributed by atoms with van der Waals surface area (Å²) in [5.74, 6) is -1.50. The summed E-state index contributed by atoms with van der Waals surface area (Å²) < 4.78 is 31.8. The number of halogens is 2. The van der Waals surface area contributed by atoms with Crippen LogP contribution in [-0.2, 0) is 4.74 Å². The van der Waals surface area contributed by atoms with E-state index in [-0.39, 0.29) is 18.1 Å². The summed E-state index contributed by atoms with van der Waals surface area (Å²) in [6.45, 7) is 0.167. The van der Waals surface area contributed by atoms with Gasteiger partial charge in [0.1, 0.15) is 29.8 Å². The van der Waals surface area contributed by atoms with Gasteiger partial charge in [-0.2, -0.15) is 0 Å². The van der Waals surface area contributed by atoms with Crippen molar-refractivity contribution in [1.29, 1.82) is 0 Å². The van der Waals surface area contributed by atoms with E-state index in [1.165, 1.54) is 12.1 Å². The third-order valence-electron chi connectivity index (χ3n) is 2.16. The predicted molar refractivity (Wildman–Crippen MR) is 54.4 cm³/mol. The molecular weight excluding hydrogens is 216 g/mol. The normalized spacial score (nSPS) is 19.9. The van der Waals surface area contributed by atoms with E-state index in [0.717, 1.165) is 18.4 Å². The first-order valence-electron chi connectivity index (χ1n) is 4.68. The average Bonchev–Trinajstić information content (AvgIpc) is 2.67. The first-order chi connectivity index (χ1) is 7.72. The highest BCUT2D eigenvalue weighted by molar-refractivity contribution is 5.95. The lowest BCUT2D eigenvalue weighted by molar-refractivity contribution is 0.327. The van der Waals surface area contributed by atoms with Crippen LogP contribution in [-0.4, -0.2) is 23.7 Å². The molecule has 0 aromatic heterocycles. The third-order valence-corrected chi connectivity index (χ3v) is 2.16. The predicted octanol–water partition coefficient (Wildman–Crippen LogP) is 2.18. The molecule has 84 valence electrons. The van der Waals surface area contributed by atoms with E-state index in [1.54, 1.807) is 0 Å². The smallest absolute Gasteiger partial charge is 0.222 e. The molecule has 0 saturated carbocycles. The number of aliphatic hydroxyl groups is 1. The minimum absolute atomic E-state index is 0.0706. The summed E-state index contributed by atoms with van der Waals surface area (Å²) in [4.78, 5) is 3.94. The second-order valence-electron chi connectivity index (χ2n) is 3.25. The average molecular weight is 225 g/mol. The van der Waals surface area contributed by atoms with Gasteiger partial charge in [-0.1, -0.05) is 6.07 Å². The van der Waals surface area contributed by atoms with Crippen molar-refractivity contribution in [2.45, 2.75) is 6.04 Å². The molecule has 1 unspecified atom stereocenters. The van der Waals surface area contributed by atoms with Gasteiger partial charge in [-0.05, 0) is 18.2 Å². The second-order valence-corrected chi connectivity index (χ2v) is 3.25. The molecule has 0 radical (unpaired) electrons. The van der Waals surface area contributed by atoms with Crippen molar-refractivity contribution in [2.75, 3.05) is 6.61 Å². The quantitative estimate of drug-likeness (QED) is 0.784. The first-order valence-corrected chi connectivity index (χ1v) is 4.68. The lowest BCUT2D eigenvalue weighted by Crippen LogP contribution is -2.07. The molecule has 16 heavy (non-hydrogen) atoms. The Balaban J connectivity index is 2.36. The minimum atomic E-state index is -0.715. The number of hydrogen-bond donors (Lipinski definition) is 1. The van der Waals surface area contributed by atoms with Gasteiger partial charge >= 0.3 is 0 Å². The van der Waals surface area contributed by atoms with Gasteiger partial charge in [-0.15, -0.1) is 0 Å². The fourth-order valence-electron chi connectivity index (χ4n) is 1.43. The number of aliphatic imine (C=N–C) groups is 1. The van der Waals surface area contributed by atoms with Crippen molar-refractivity contribution in [3.63, 3.8) is 0 Å². The van der Waals surface area contributed by atoms with Gasteiger partial charge in [0, 0.05) is 0 Å². The summed E-state index contributed by atoms with van der Waals surface area (Å²) in [5, 5.41) is 8.54. The van der Waals surface area contributed by atoms with Crippen LogP contribution in [0.3, 0.4) is 0 Å². The maximum atomic E-state index is 13.3. The Bertz CT molecular complexity index is 437. The van der Waals surface area contributed by atoms with Crippen LogP contribution in [0.2, 0.25) is 0 Å². The van der Waals surface area contributed by atoms with Crippen molar-refractivity contribution < 1.29 is 18.6 Å². The van der Waals surface area contributed by atoms with Crippen molar-refractivity contribution >= 4 is 5.90 Å². The first kappa shape index (κ1) is 10.6. The maximum Gasteiger partial charge on any atom is 0.222 e. The number of aliphatic hydroxyl groups excluding tert-OH is 1. The highest BCUT2D eigenvalue weighted by atomic mass is 19.1. The summed E-state index contributed by atoms with van der Waals surface area (Å²) in [7, 11) is 0. The topological polar surface area (TPSA) is 41.8 Å². The molecule has 1 N–H and O–H groups in total. The minimum Gasteiger partial charge on any atom is -0.516 e. The van der Waals surface area contributed by atoms with Crippen molar-refractivity contribution in [3.8, 4) is 0 Å². The Morgan fingerprint density at radius 2 is 2.06 bits per heavy atom. The molecule has 0 spiro atoms. The van der Waals surface area contributed by atoms with Crippen LogP contribution in [0.25, 0.3) is 0 Å². The van der Waals surface area contributed by atoms with Crippen LogP contribution in [0, 0.1) is 11.6 Å². The Kier molecular flexibility index (Phi) is 2.85. The van der Waals surface area contributed by atoms with Gasteiger partial charge in [0.15, 0.2) is 0 Å². The van der Waals surface area contributed by atoms with Crippen molar-refractivity contribution in [3.05, 3.63) is 47.7 Å². The van der Waals surface area contributed by atoms with E-state index < -0.39 is 17.7 Å². The molecule has 0 amide bonds. The van der Waals surface area contributed by atoms with E-state index in [0.29, 0.717) is 0 Å². The van der Waals surface area contributed by atoms with E-state index in [9.17, 15) is 8.78 Å². The van der Waals surface area contributed by atoms with Crippen molar-refractivity contribution in [2.24, 2.45) is 4.99 Å². The van der Waals surface area contributed by atoms with E-state index in [4.69, 9.17) is 9.84 Å². The van der Waals surface area contributed by atoms with Crippen molar-refractivity contribution in [1.82, 2.24) is 0 Å². The second kappa shape index (κ2) is 4.30. The molecule has 1 heterocycles. The van der Waals surface area contributed by atoms with Crippen LogP contribution >= 0.6 is 0 Å². The van der Waals surface area contributed by atoms with Crippen LogP contribution in [0.1, 0.15) is 5.56 Å². The Morgan fingerprint density at radius 1 is 1.38 bits per heavy atom. The zero-order chi connectivity index (χ0) is 11.5. The molecule has 1 atom stereocenters. The summed E-state index contributed by atoms with van der Waals surface area (Å²) in [6, 6.07) is 3.15. The number of nitrogens with zero attached hydrogens (tertiary/aromatic N) is 1. The zero-order valence-corrected chi connectivity index (χ0v) is 8.23.